The third kappa shape index (κ3) is 2.37. The molecule has 3 rings (SSSR count). The minimum atomic E-state index is 0.00385. The molecule has 1 aliphatic rings. The number of aromatic nitrogens is 3. The highest BCUT2D eigenvalue weighted by atomic mass is 32.1. The van der Waals surface area contributed by atoms with Crippen LogP contribution in [0, 0.1) is 6.92 Å². The maximum absolute atomic E-state index is 11.9. The molecule has 2 aromatic rings. The van der Waals surface area contributed by atoms with Crippen molar-refractivity contribution in [2.24, 2.45) is 7.05 Å². The molecule has 1 aliphatic heterocycles. The van der Waals surface area contributed by atoms with E-state index in [2.05, 4.69) is 28.4 Å². The van der Waals surface area contributed by atoms with E-state index in [4.69, 9.17) is 0 Å². The average Bonchev–Trinajstić information content (AvgIpc) is 2.82. The van der Waals surface area contributed by atoms with Gasteiger partial charge in [0, 0.05) is 44.5 Å². The van der Waals surface area contributed by atoms with E-state index in [1.807, 2.05) is 11.3 Å². The van der Waals surface area contributed by atoms with E-state index in [0.29, 0.717) is 0 Å². The summed E-state index contributed by atoms with van der Waals surface area (Å²) in [5.41, 5.74) is 1.37. The van der Waals surface area contributed by atoms with Crippen LogP contribution < -0.4 is 5.69 Å². The highest BCUT2D eigenvalue weighted by molar-refractivity contribution is 7.10. The molecule has 0 aromatic carbocycles. The molecule has 0 bridgehead atoms. The number of thiophene rings is 1. The summed E-state index contributed by atoms with van der Waals surface area (Å²) in [5, 5.41) is 6.45. The molecular formula is C13H18N4OS. The Balaban J connectivity index is 1.74. The van der Waals surface area contributed by atoms with Gasteiger partial charge in [-0.1, -0.05) is 0 Å². The Morgan fingerprint density at radius 3 is 2.95 bits per heavy atom. The Morgan fingerprint density at radius 2 is 2.21 bits per heavy atom. The van der Waals surface area contributed by atoms with Crippen LogP contribution in [0.4, 0.5) is 0 Å². The van der Waals surface area contributed by atoms with Gasteiger partial charge in [-0.05, 0) is 23.9 Å². The summed E-state index contributed by atoms with van der Waals surface area (Å²) in [6.07, 6.45) is 0.848. The number of hydrogen-bond donors (Lipinski definition) is 0. The summed E-state index contributed by atoms with van der Waals surface area (Å²) in [6.45, 7) is 5.76. The lowest BCUT2D eigenvalue weighted by Gasteiger charge is -2.18. The van der Waals surface area contributed by atoms with Crippen molar-refractivity contribution < 1.29 is 0 Å². The van der Waals surface area contributed by atoms with Gasteiger partial charge in [0.15, 0.2) is 0 Å². The first-order valence-corrected chi connectivity index (χ1v) is 7.41. The number of nitrogens with zero attached hydrogens (tertiary/aromatic N) is 4. The van der Waals surface area contributed by atoms with E-state index >= 15 is 0 Å². The number of fused-ring (bicyclic) bond motifs is 1. The van der Waals surface area contributed by atoms with Gasteiger partial charge in [-0.15, -0.1) is 11.3 Å². The number of hydrogen-bond acceptors (Lipinski definition) is 4. The molecule has 0 amide bonds. The molecule has 0 aliphatic carbocycles. The highest BCUT2D eigenvalue weighted by Crippen LogP contribution is 2.18. The van der Waals surface area contributed by atoms with Gasteiger partial charge in [0.25, 0.3) is 0 Å². The van der Waals surface area contributed by atoms with Crippen molar-refractivity contribution in [1.29, 1.82) is 0 Å². The Morgan fingerprint density at radius 1 is 1.37 bits per heavy atom. The molecule has 0 atom stereocenters. The third-order valence-corrected chi connectivity index (χ3v) is 4.72. The monoisotopic (exact) mass is 278 g/mol. The minimum absolute atomic E-state index is 0.00385. The van der Waals surface area contributed by atoms with E-state index in [0.717, 1.165) is 38.4 Å². The predicted molar refractivity (Wildman–Crippen MR) is 75.5 cm³/mol. The summed E-state index contributed by atoms with van der Waals surface area (Å²) >= 11 is 1.81. The summed E-state index contributed by atoms with van der Waals surface area (Å²) in [5.74, 6) is 0.915. The zero-order valence-corrected chi connectivity index (χ0v) is 12.1. The third-order valence-electron chi connectivity index (χ3n) is 3.71. The maximum atomic E-state index is 11.9. The van der Waals surface area contributed by atoms with Crippen LogP contribution in [0.25, 0.3) is 0 Å². The van der Waals surface area contributed by atoms with Crippen LogP contribution in [0.15, 0.2) is 16.2 Å². The van der Waals surface area contributed by atoms with Crippen molar-refractivity contribution in [3.8, 4) is 0 Å². The van der Waals surface area contributed by atoms with Gasteiger partial charge in [-0.2, -0.15) is 5.10 Å². The van der Waals surface area contributed by atoms with Crippen molar-refractivity contribution in [1.82, 2.24) is 19.2 Å². The van der Waals surface area contributed by atoms with Crippen LogP contribution in [0.2, 0.25) is 0 Å². The summed E-state index contributed by atoms with van der Waals surface area (Å²) in [6, 6.07) is 2.17. The normalized spacial score (nSPS) is 16.3. The van der Waals surface area contributed by atoms with Crippen LogP contribution in [0.3, 0.4) is 0 Å². The summed E-state index contributed by atoms with van der Waals surface area (Å²) in [7, 11) is 1.72. The predicted octanol–water partition coefficient (Wildman–Crippen LogP) is 1.01. The van der Waals surface area contributed by atoms with Gasteiger partial charge < -0.3 is 0 Å². The molecule has 5 nitrogen and oxygen atoms in total. The van der Waals surface area contributed by atoms with Crippen LogP contribution in [0.5, 0.6) is 0 Å². The van der Waals surface area contributed by atoms with E-state index in [-0.39, 0.29) is 5.69 Å². The Hall–Kier alpha value is -1.40. The van der Waals surface area contributed by atoms with E-state index in [1.54, 1.807) is 11.6 Å². The number of aryl methyl sites for hydroxylation is 2. The standard InChI is InChI=1S/C13H18N4OS/c1-10-4-8-19-11(10)9-16-5-3-12-14-15(2)13(18)17(12)7-6-16/h4,8H,3,5-7,9H2,1-2H3. The first-order chi connectivity index (χ1) is 9.15. The average molecular weight is 278 g/mol. The van der Waals surface area contributed by atoms with Crippen LogP contribution in [-0.2, 0) is 26.6 Å². The fourth-order valence-electron chi connectivity index (χ4n) is 2.50. The fraction of sp³-hybridized carbons (Fsp3) is 0.538. The van der Waals surface area contributed by atoms with E-state index < -0.39 is 0 Å². The van der Waals surface area contributed by atoms with Gasteiger partial charge in [-0.3, -0.25) is 9.47 Å². The fourth-order valence-corrected chi connectivity index (χ4v) is 3.45. The molecule has 0 N–H and O–H groups in total. The molecule has 2 aromatic heterocycles. The van der Waals surface area contributed by atoms with Crippen molar-refractivity contribution in [2.45, 2.75) is 26.4 Å². The second kappa shape index (κ2) is 4.94. The lowest BCUT2D eigenvalue weighted by atomic mass is 10.2. The molecule has 0 saturated carbocycles. The highest BCUT2D eigenvalue weighted by Gasteiger charge is 2.18. The molecule has 3 heterocycles. The first kappa shape index (κ1) is 12.6. The molecule has 0 unspecified atom stereocenters. The van der Waals surface area contributed by atoms with Crippen LogP contribution >= 0.6 is 11.3 Å². The lowest BCUT2D eigenvalue weighted by Crippen LogP contribution is -2.29. The van der Waals surface area contributed by atoms with Crippen molar-refractivity contribution in [3.63, 3.8) is 0 Å². The Kier molecular flexibility index (Phi) is 3.28. The van der Waals surface area contributed by atoms with Crippen molar-refractivity contribution in [2.75, 3.05) is 13.1 Å². The second-order valence-corrected chi connectivity index (χ2v) is 6.03. The van der Waals surface area contributed by atoms with E-state index in [1.165, 1.54) is 15.1 Å². The maximum Gasteiger partial charge on any atom is 0.345 e. The van der Waals surface area contributed by atoms with Crippen LogP contribution in [-0.4, -0.2) is 32.3 Å². The quantitative estimate of drug-likeness (QED) is 0.823. The zero-order valence-electron chi connectivity index (χ0n) is 11.3. The van der Waals surface area contributed by atoms with Gasteiger partial charge in [-0.25, -0.2) is 9.48 Å². The number of rotatable bonds is 2. The SMILES string of the molecule is Cc1ccsc1CN1CCc2nn(C)c(=O)n2CC1. The molecule has 102 valence electrons. The second-order valence-electron chi connectivity index (χ2n) is 5.03. The lowest BCUT2D eigenvalue weighted by molar-refractivity contribution is 0.271. The topological polar surface area (TPSA) is 43.1 Å². The molecular weight excluding hydrogens is 260 g/mol. The van der Waals surface area contributed by atoms with Gasteiger partial charge in [0.05, 0.1) is 0 Å². The van der Waals surface area contributed by atoms with Crippen LogP contribution in [0.1, 0.15) is 16.3 Å². The molecule has 19 heavy (non-hydrogen) atoms. The first-order valence-electron chi connectivity index (χ1n) is 6.53. The molecule has 6 heteroatoms. The molecule has 0 radical (unpaired) electrons. The summed E-state index contributed by atoms with van der Waals surface area (Å²) < 4.78 is 3.25. The largest absolute Gasteiger partial charge is 0.345 e. The zero-order chi connectivity index (χ0) is 13.4. The van der Waals surface area contributed by atoms with Crippen molar-refractivity contribution >= 4 is 11.3 Å². The minimum Gasteiger partial charge on any atom is -0.296 e. The Bertz CT molecular complexity index is 639. The van der Waals surface area contributed by atoms with Gasteiger partial charge in [0.2, 0.25) is 0 Å². The van der Waals surface area contributed by atoms with Crippen molar-refractivity contribution in [3.05, 3.63) is 38.2 Å². The van der Waals surface area contributed by atoms with Gasteiger partial charge in [0.1, 0.15) is 5.82 Å². The van der Waals surface area contributed by atoms with Gasteiger partial charge >= 0.3 is 5.69 Å². The molecule has 0 saturated heterocycles. The molecule has 0 fully saturated rings. The Labute approximate surface area is 116 Å². The van der Waals surface area contributed by atoms with E-state index in [9.17, 15) is 4.79 Å². The summed E-state index contributed by atoms with van der Waals surface area (Å²) in [4.78, 5) is 15.7. The molecule has 0 spiro atoms. The smallest absolute Gasteiger partial charge is 0.296 e.